The second-order valence-electron chi connectivity index (χ2n) is 8.25. The summed E-state index contributed by atoms with van der Waals surface area (Å²) < 4.78 is 28.8. The molecular weight excluding hydrogens is 394 g/mol. The molecule has 0 fully saturated rings. The van der Waals surface area contributed by atoms with Crippen molar-refractivity contribution in [2.75, 3.05) is 10.6 Å². The first kappa shape index (κ1) is 19.5. The number of hydrogen-bond donors (Lipinski definition) is 2. The lowest BCUT2D eigenvalue weighted by Gasteiger charge is -2.30. The predicted octanol–water partition coefficient (Wildman–Crippen LogP) is 6.25. The number of anilines is 2. The molecule has 0 saturated heterocycles. The largest absolute Gasteiger partial charge is 0.372 e. The lowest BCUT2D eigenvalue weighted by atomic mass is 9.78. The fourth-order valence-corrected chi connectivity index (χ4v) is 4.54. The van der Waals surface area contributed by atoms with E-state index in [1.54, 1.807) is 0 Å². The number of nitrogens with one attached hydrogen (secondary N) is 2. The number of ketones is 1. The molecule has 3 nitrogen and oxygen atoms in total. The van der Waals surface area contributed by atoms with Gasteiger partial charge < -0.3 is 10.6 Å². The van der Waals surface area contributed by atoms with Crippen LogP contribution in [0.3, 0.4) is 0 Å². The van der Waals surface area contributed by atoms with E-state index in [9.17, 15) is 13.6 Å². The van der Waals surface area contributed by atoms with Crippen molar-refractivity contribution in [3.63, 3.8) is 0 Å². The highest BCUT2D eigenvalue weighted by Crippen LogP contribution is 2.44. The molecule has 1 heterocycles. The number of Topliss-reactive ketones (excluding diaryl/α,β-unsaturated/α-hetero) is 1. The summed E-state index contributed by atoms with van der Waals surface area (Å²) in [5.74, 6) is -1.11. The van der Waals surface area contributed by atoms with Crippen LogP contribution >= 0.6 is 0 Å². The van der Waals surface area contributed by atoms with Crippen LogP contribution in [0.1, 0.15) is 41.5 Å². The van der Waals surface area contributed by atoms with Crippen LogP contribution in [0.4, 0.5) is 20.2 Å². The molecular formula is C26H22F2N2O. The molecule has 0 amide bonds. The van der Waals surface area contributed by atoms with Gasteiger partial charge in [0.2, 0.25) is 0 Å². The number of allylic oxidation sites excluding steroid dienone is 1. The van der Waals surface area contributed by atoms with Crippen molar-refractivity contribution in [1.29, 1.82) is 0 Å². The van der Waals surface area contributed by atoms with Gasteiger partial charge in [0, 0.05) is 23.3 Å². The molecule has 2 N–H and O–H groups in total. The maximum absolute atomic E-state index is 14.8. The normalized spacial score (nSPS) is 20.3. The van der Waals surface area contributed by atoms with Crippen LogP contribution in [0.15, 0.2) is 78.0 Å². The van der Waals surface area contributed by atoms with Crippen LogP contribution < -0.4 is 10.6 Å². The lowest BCUT2D eigenvalue weighted by Crippen LogP contribution is -2.27. The summed E-state index contributed by atoms with van der Waals surface area (Å²) in [6.07, 6.45) is 0.947. The van der Waals surface area contributed by atoms with Gasteiger partial charge in [-0.1, -0.05) is 42.0 Å². The Morgan fingerprint density at radius 3 is 2.42 bits per heavy atom. The quantitative estimate of drug-likeness (QED) is 0.519. The Kier molecular flexibility index (Phi) is 4.81. The fourth-order valence-electron chi connectivity index (χ4n) is 4.54. The van der Waals surface area contributed by atoms with Crippen molar-refractivity contribution in [3.05, 3.63) is 106 Å². The standard InChI is InChI=1S/C26H22F2N2O/c1-15-6-8-16(9-7-15)17-12-23-25(24(31)13-17)26(19-14-18(27)10-11-20(19)28)30-22-5-3-2-4-21(22)29-23/h2-11,14,17,26,29-30H,12-13H2,1H3/t17-,26-/m1/s1. The summed E-state index contributed by atoms with van der Waals surface area (Å²) >= 11 is 0. The van der Waals surface area contributed by atoms with Gasteiger partial charge in [0.15, 0.2) is 5.78 Å². The first-order chi connectivity index (χ1) is 15.0. The highest BCUT2D eigenvalue weighted by atomic mass is 19.1. The number of hydrogen-bond acceptors (Lipinski definition) is 3. The lowest BCUT2D eigenvalue weighted by molar-refractivity contribution is -0.116. The van der Waals surface area contributed by atoms with E-state index >= 15 is 0 Å². The molecule has 0 bridgehead atoms. The number of carbonyl (C=O) groups is 1. The van der Waals surface area contributed by atoms with Gasteiger partial charge in [-0.15, -0.1) is 0 Å². The number of fused-ring (bicyclic) bond motifs is 1. The molecule has 2 atom stereocenters. The molecule has 1 aliphatic heterocycles. The Morgan fingerprint density at radius 2 is 1.65 bits per heavy atom. The molecule has 5 heteroatoms. The second-order valence-corrected chi connectivity index (χ2v) is 8.25. The maximum Gasteiger partial charge on any atom is 0.163 e. The molecule has 0 saturated carbocycles. The van der Waals surface area contributed by atoms with E-state index in [1.807, 2.05) is 43.3 Å². The molecule has 156 valence electrons. The summed E-state index contributed by atoms with van der Waals surface area (Å²) in [6, 6.07) is 18.4. The summed E-state index contributed by atoms with van der Waals surface area (Å²) in [5.41, 5.74) is 5.19. The average Bonchev–Trinajstić information content (AvgIpc) is 2.92. The van der Waals surface area contributed by atoms with Crippen LogP contribution in [0.25, 0.3) is 0 Å². The molecule has 3 aromatic rings. The Morgan fingerprint density at radius 1 is 0.903 bits per heavy atom. The zero-order valence-electron chi connectivity index (χ0n) is 17.1. The number of benzene rings is 3. The third-order valence-electron chi connectivity index (χ3n) is 6.13. The van der Waals surface area contributed by atoms with Crippen molar-refractivity contribution in [2.24, 2.45) is 0 Å². The summed E-state index contributed by atoms with van der Waals surface area (Å²) in [4.78, 5) is 13.4. The van der Waals surface area contributed by atoms with Crippen LogP contribution in [0, 0.1) is 18.6 Å². The molecule has 2 aliphatic rings. The number of rotatable bonds is 2. The van der Waals surface area contributed by atoms with E-state index < -0.39 is 17.7 Å². The van der Waals surface area contributed by atoms with Gasteiger partial charge in [-0.3, -0.25) is 4.79 Å². The molecule has 5 rings (SSSR count). The van der Waals surface area contributed by atoms with Crippen LogP contribution in [-0.2, 0) is 4.79 Å². The van der Waals surface area contributed by atoms with Crippen LogP contribution in [-0.4, -0.2) is 5.78 Å². The molecule has 0 unspecified atom stereocenters. The predicted molar refractivity (Wildman–Crippen MR) is 118 cm³/mol. The van der Waals surface area contributed by atoms with E-state index in [0.29, 0.717) is 18.4 Å². The van der Waals surface area contributed by atoms with E-state index in [2.05, 4.69) is 22.8 Å². The fraction of sp³-hybridized carbons (Fsp3) is 0.192. The molecule has 0 spiro atoms. The maximum atomic E-state index is 14.8. The third-order valence-corrected chi connectivity index (χ3v) is 6.13. The summed E-state index contributed by atoms with van der Waals surface area (Å²) in [7, 11) is 0. The average molecular weight is 416 g/mol. The van der Waals surface area contributed by atoms with E-state index in [4.69, 9.17) is 0 Å². The topological polar surface area (TPSA) is 41.1 Å². The third kappa shape index (κ3) is 3.61. The zero-order chi connectivity index (χ0) is 21.5. The second kappa shape index (κ2) is 7.65. The molecule has 0 aromatic heterocycles. The van der Waals surface area contributed by atoms with Crippen molar-refractivity contribution < 1.29 is 13.6 Å². The zero-order valence-corrected chi connectivity index (χ0v) is 17.1. The van der Waals surface area contributed by atoms with Crippen molar-refractivity contribution in [1.82, 2.24) is 0 Å². The van der Waals surface area contributed by atoms with Gasteiger partial charge in [0.1, 0.15) is 11.6 Å². The summed E-state index contributed by atoms with van der Waals surface area (Å²) in [6.45, 7) is 2.03. The Balaban J connectivity index is 1.63. The van der Waals surface area contributed by atoms with Crippen molar-refractivity contribution >= 4 is 17.2 Å². The Bertz CT molecular complexity index is 1200. The molecule has 1 aliphatic carbocycles. The number of halogens is 2. The molecule has 31 heavy (non-hydrogen) atoms. The van der Waals surface area contributed by atoms with Gasteiger partial charge in [-0.25, -0.2) is 8.78 Å². The Labute approximate surface area is 179 Å². The van der Waals surface area contributed by atoms with E-state index in [1.165, 1.54) is 6.07 Å². The van der Waals surface area contributed by atoms with E-state index in [0.717, 1.165) is 40.3 Å². The van der Waals surface area contributed by atoms with Crippen molar-refractivity contribution in [3.8, 4) is 0 Å². The SMILES string of the molecule is Cc1ccc([C@H]2CC(=O)C3=C(C2)Nc2ccccc2N[C@@H]3c2cc(F)ccc2F)cc1. The summed E-state index contributed by atoms with van der Waals surface area (Å²) in [5, 5.41) is 6.70. The first-order valence-electron chi connectivity index (χ1n) is 10.4. The minimum absolute atomic E-state index is 0.0302. The Hall–Kier alpha value is -3.47. The number of aryl methyl sites for hydroxylation is 1. The number of para-hydroxylation sites is 2. The minimum Gasteiger partial charge on any atom is -0.372 e. The first-order valence-corrected chi connectivity index (χ1v) is 10.4. The van der Waals surface area contributed by atoms with Gasteiger partial charge in [0.25, 0.3) is 0 Å². The van der Waals surface area contributed by atoms with Crippen LogP contribution in [0.5, 0.6) is 0 Å². The van der Waals surface area contributed by atoms with Gasteiger partial charge in [0.05, 0.1) is 17.4 Å². The minimum atomic E-state index is -0.770. The van der Waals surface area contributed by atoms with Crippen molar-refractivity contribution in [2.45, 2.75) is 31.7 Å². The van der Waals surface area contributed by atoms with Crippen LogP contribution in [0.2, 0.25) is 0 Å². The smallest absolute Gasteiger partial charge is 0.163 e. The molecule has 3 aromatic carbocycles. The number of carbonyl (C=O) groups excluding carboxylic acids is 1. The monoisotopic (exact) mass is 416 g/mol. The van der Waals surface area contributed by atoms with Gasteiger partial charge >= 0.3 is 0 Å². The van der Waals surface area contributed by atoms with Gasteiger partial charge in [-0.2, -0.15) is 0 Å². The highest BCUT2D eigenvalue weighted by molar-refractivity contribution is 6.01. The highest BCUT2D eigenvalue weighted by Gasteiger charge is 2.37. The molecule has 0 radical (unpaired) electrons. The van der Waals surface area contributed by atoms with Gasteiger partial charge in [-0.05, 0) is 55.2 Å². The van der Waals surface area contributed by atoms with E-state index in [-0.39, 0.29) is 17.3 Å².